The van der Waals surface area contributed by atoms with Gasteiger partial charge >= 0.3 is 0 Å². The fourth-order valence-electron chi connectivity index (χ4n) is 3.66. The van der Waals surface area contributed by atoms with E-state index in [0.717, 1.165) is 11.1 Å². The molecule has 0 atom stereocenters. The highest BCUT2D eigenvalue weighted by atomic mass is 16.5. The van der Waals surface area contributed by atoms with E-state index in [2.05, 4.69) is 10.6 Å². The van der Waals surface area contributed by atoms with Gasteiger partial charge in [0.05, 0.1) is 25.6 Å². The van der Waals surface area contributed by atoms with E-state index in [1.165, 1.54) is 14.2 Å². The maximum absolute atomic E-state index is 12.7. The van der Waals surface area contributed by atoms with E-state index in [-0.39, 0.29) is 18.4 Å². The Bertz CT molecular complexity index is 1340. The molecule has 2 amide bonds. The van der Waals surface area contributed by atoms with E-state index < -0.39 is 0 Å². The minimum atomic E-state index is -0.376. The molecule has 0 spiro atoms. The van der Waals surface area contributed by atoms with Gasteiger partial charge in [-0.2, -0.15) is 0 Å². The topological polar surface area (TPSA) is 85.9 Å². The molecule has 36 heavy (non-hydrogen) atoms. The van der Waals surface area contributed by atoms with E-state index in [4.69, 9.17) is 14.2 Å². The Balaban J connectivity index is 1.47. The second kappa shape index (κ2) is 11.6. The van der Waals surface area contributed by atoms with Gasteiger partial charge in [-0.15, -0.1) is 0 Å². The minimum Gasteiger partial charge on any atom is -0.494 e. The fourth-order valence-corrected chi connectivity index (χ4v) is 3.66. The molecule has 2 N–H and O–H groups in total. The molecule has 0 bridgehead atoms. The van der Waals surface area contributed by atoms with Crippen molar-refractivity contribution in [3.05, 3.63) is 103 Å². The lowest BCUT2D eigenvalue weighted by Crippen LogP contribution is -2.21. The first-order valence-corrected chi connectivity index (χ1v) is 11.3. The van der Waals surface area contributed by atoms with Crippen LogP contribution in [-0.2, 0) is 4.79 Å². The third-order valence-corrected chi connectivity index (χ3v) is 5.41. The molecule has 7 nitrogen and oxygen atoms in total. The molecule has 0 saturated heterocycles. The van der Waals surface area contributed by atoms with Crippen LogP contribution < -0.4 is 24.8 Å². The molecule has 0 aliphatic rings. The summed E-state index contributed by atoms with van der Waals surface area (Å²) in [6.07, 6.45) is 0. The van der Waals surface area contributed by atoms with Gasteiger partial charge in [-0.3, -0.25) is 9.59 Å². The fraction of sp³-hybridized carbons (Fsp3) is 0.103. The van der Waals surface area contributed by atoms with Crippen LogP contribution in [0.15, 0.2) is 97.1 Å². The summed E-state index contributed by atoms with van der Waals surface area (Å²) in [4.78, 5) is 25.3. The highest BCUT2D eigenvalue weighted by molar-refractivity contribution is 6.05. The summed E-state index contributed by atoms with van der Waals surface area (Å²) in [6, 6.07) is 29.4. The van der Waals surface area contributed by atoms with Crippen molar-refractivity contribution in [2.45, 2.75) is 0 Å². The molecule has 0 aliphatic carbocycles. The van der Waals surface area contributed by atoms with Crippen molar-refractivity contribution in [1.29, 1.82) is 0 Å². The lowest BCUT2D eigenvalue weighted by molar-refractivity contribution is -0.118. The predicted octanol–water partition coefficient (Wildman–Crippen LogP) is 5.64. The number of carbonyl (C=O) groups excluding carboxylic acids is 2. The van der Waals surface area contributed by atoms with Crippen molar-refractivity contribution in [3.63, 3.8) is 0 Å². The second-order valence-corrected chi connectivity index (χ2v) is 7.77. The van der Waals surface area contributed by atoms with Gasteiger partial charge in [0, 0.05) is 23.3 Å². The van der Waals surface area contributed by atoms with E-state index in [1.807, 2.05) is 60.7 Å². The molecule has 0 aliphatic heterocycles. The summed E-state index contributed by atoms with van der Waals surface area (Å²) >= 11 is 0. The molecule has 0 aromatic heterocycles. The predicted molar refractivity (Wildman–Crippen MR) is 140 cm³/mol. The van der Waals surface area contributed by atoms with E-state index >= 15 is 0 Å². The zero-order valence-electron chi connectivity index (χ0n) is 20.0. The van der Waals surface area contributed by atoms with Gasteiger partial charge in [-0.1, -0.05) is 66.7 Å². The normalized spacial score (nSPS) is 10.3. The number of benzene rings is 4. The lowest BCUT2D eigenvalue weighted by Gasteiger charge is -2.17. The Morgan fingerprint density at radius 1 is 0.667 bits per heavy atom. The van der Waals surface area contributed by atoms with Crippen molar-refractivity contribution in [1.82, 2.24) is 0 Å². The zero-order chi connectivity index (χ0) is 25.3. The number of hydrogen-bond donors (Lipinski definition) is 2. The number of rotatable bonds is 9. The van der Waals surface area contributed by atoms with Crippen LogP contribution in [-0.4, -0.2) is 32.6 Å². The molecule has 0 fully saturated rings. The number of amides is 2. The Labute approximate surface area is 209 Å². The standard InChI is InChI=1S/C29H26N2O5/c1-34-26-18-24(31-29(33)21-13-7-4-8-14-21)27(35-2)17-23(26)30-28(32)19-36-25-16-10-9-15-22(25)20-11-5-3-6-12-20/h3-18H,19H2,1-2H3,(H,30,32)(H,31,33). The molecule has 4 aromatic carbocycles. The maximum Gasteiger partial charge on any atom is 0.262 e. The Kier molecular flexibility index (Phi) is 7.83. The highest BCUT2D eigenvalue weighted by Crippen LogP contribution is 2.37. The van der Waals surface area contributed by atoms with Crippen LogP contribution in [0.2, 0.25) is 0 Å². The number of carbonyl (C=O) groups is 2. The number of hydrogen-bond acceptors (Lipinski definition) is 5. The summed E-state index contributed by atoms with van der Waals surface area (Å²) in [7, 11) is 2.96. The average Bonchev–Trinajstić information content (AvgIpc) is 2.93. The minimum absolute atomic E-state index is 0.207. The Morgan fingerprint density at radius 3 is 1.86 bits per heavy atom. The molecule has 7 heteroatoms. The summed E-state index contributed by atoms with van der Waals surface area (Å²) in [5, 5.41) is 5.62. The maximum atomic E-state index is 12.7. The molecule has 0 heterocycles. The van der Waals surface area contributed by atoms with Crippen molar-refractivity contribution < 1.29 is 23.8 Å². The van der Waals surface area contributed by atoms with Crippen LogP contribution in [0.4, 0.5) is 11.4 Å². The summed E-state index contributed by atoms with van der Waals surface area (Å²) in [5.74, 6) is 0.655. The quantitative estimate of drug-likeness (QED) is 0.322. The molecular weight excluding hydrogens is 456 g/mol. The van der Waals surface area contributed by atoms with Crippen LogP contribution in [0.5, 0.6) is 17.2 Å². The number of anilines is 2. The molecule has 0 radical (unpaired) electrons. The van der Waals surface area contributed by atoms with Gasteiger partial charge in [0.15, 0.2) is 6.61 Å². The zero-order valence-corrected chi connectivity index (χ0v) is 20.0. The smallest absolute Gasteiger partial charge is 0.262 e. The van der Waals surface area contributed by atoms with Gasteiger partial charge in [0.1, 0.15) is 17.2 Å². The van der Waals surface area contributed by atoms with Crippen molar-refractivity contribution in [3.8, 4) is 28.4 Å². The van der Waals surface area contributed by atoms with Crippen molar-refractivity contribution in [2.75, 3.05) is 31.5 Å². The summed E-state index contributed by atoms with van der Waals surface area (Å²) < 4.78 is 16.7. The number of para-hydroxylation sites is 1. The lowest BCUT2D eigenvalue weighted by atomic mass is 10.1. The summed E-state index contributed by atoms with van der Waals surface area (Å²) in [6.45, 7) is -0.207. The monoisotopic (exact) mass is 482 g/mol. The van der Waals surface area contributed by atoms with E-state index in [0.29, 0.717) is 34.2 Å². The highest BCUT2D eigenvalue weighted by Gasteiger charge is 2.17. The van der Waals surface area contributed by atoms with Crippen LogP contribution in [0.3, 0.4) is 0 Å². The van der Waals surface area contributed by atoms with E-state index in [9.17, 15) is 9.59 Å². The molecular formula is C29H26N2O5. The SMILES string of the molecule is COc1cc(NC(=O)c2ccccc2)c(OC)cc1NC(=O)COc1ccccc1-c1ccccc1. The number of methoxy groups -OCH3 is 2. The van der Waals surface area contributed by atoms with E-state index in [1.54, 1.807) is 36.4 Å². The molecule has 0 saturated carbocycles. The first-order chi connectivity index (χ1) is 17.6. The van der Waals surface area contributed by atoms with Gasteiger partial charge in [0.2, 0.25) is 0 Å². The Morgan fingerprint density at radius 2 is 1.22 bits per heavy atom. The third kappa shape index (κ3) is 5.82. The summed E-state index contributed by atoms with van der Waals surface area (Å²) in [5.41, 5.74) is 3.19. The van der Waals surface area contributed by atoms with Crippen molar-refractivity contribution in [2.24, 2.45) is 0 Å². The van der Waals surface area contributed by atoms with Gasteiger partial charge in [0.25, 0.3) is 11.8 Å². The van der Waals surface area contributed by atoms with Gasteiger partial charge in [-0.25, -0.2) is 0 Å². The van der Waals surface area contributed by atoms with Crippen molar-refractivity contribution >= 4 is 23.2 Å². The molecule has 182 valence electrons. The number of nitrogens with one attached hydrogen (secondary N) is 2. The first-order valence-electron chi connectivity index (χ1n) is 11.3. The van der Waals surface area contributed by atoms with Crippen LogP contribution in [0.25, 0.3) is 11.1 Å². The number of ether oxygens (including phenoxy) is 3. The van der Waals surface area contributed by atoms with Gasteiger partial charge in [-0.05, 0) is 23.8 Å². The molecule has 4 rings (SSSR count). The molecule has 0 unspecified atom stereocenters. The van der Waals surface area contributed by atoms with Crippen LogP contribution in [0.1, 0.15) is 10.4 Å². The largest absolute Gasteiger partial charge is 0.494 e. The third-order valence-electron chi connectivity index (χ3n) is 5.41. The second-order valence-electron chi connectivity index (χ2n) is 7.77. The molecule has 4 aromatic rings. The Hall–Kier alpha value is -4.78. The van der Waals surface area contributed by atoms with Crippen LogP contribution >= 0.6 is 0 Å². The van der Waals surface area contributed by atoms with Gasteiger partial charge < -0.3 is 24.8 Å². The first kappa shape index (κ1) is 24.3. The van der Waals surface area contributed by atoms with Crippen LogP contribution in [0, 0.1) is 0 Å². The average molecular weight is 483 g/mol.